The van der Waals surface area contributed by atoms with Crippen molar-refractivity contribution in [2.75, 3.05) is 39.5 Å². The Morgan fingerprint density at radius 1 is 1.20 bits per heavy atom. The van der Waals surface area contributed by atoms with Crippen LogP contribution in [0.2, 0.25) is 0 Å². The Hall–Kier alpha value is -1.59. The molecule has 0 aliphatic carbocycles. The van der Waals surface area contributed by atoms with Crippen LogP contribution in [-0.4, -0.2) is 50.3 Å². The molecule has 1 heterocycles. The molecule has 1 fully saturated rings. The van der Waals surface area contributed by atoms with Crippen molar-refractivity contribution in [1.82, 2.24) is 10.2 Å². The van der Waals surface area contributed by atoms with Crippen molar-refractivity contribution in [3.8, 4) is 5.75 Å². The van der Waals surface area contributed by atoms with Crippen molar-refractivity contribution in [1.29, 1.82) is 0 Å². The summed E-state index contributed by atoms with van der Waals surface area (Å²) >= 11 is 0. The first-order valence-electron chi connectivity index (χ1n) is 9.53. The molecule has 0 unspecified atom stereocenters. The molecular weight excluding hydrogens is 316 g/mol. The van der Waals surface area contributed by atoms with E-state index in [4.69, 9.17) is 9.47 Å². The first-order chi connectivity index (χ1) is 12.2. The predicted octanol–water partition coefficient (Wildman–Crippen LogP) is 2.84. The highest BCUT2D eigenvalue weighted by Gasteiger charge is 2.25. The van der Waals surface area contributed by atoms with Crippen molar-refractivity contribution in [3.05, 3.63) is 29.8 Å². The van der Waals surface area contributed by atoms with Crippen LogP contribution in [0, 0.1) is 5.92 Å². The molecule has 5 nitrogen and oxygen atoms in total. The molecule has 0 bridgehead atoms. The summed E-state index contributed by atoms with van der Waals surface area (Å²) in [6.07, 6.45) is 2.73. The van der Waals surface area contributed by atoms with Gasteiger partial charge in [-0.15, -0.1) is 0 Å². The lowest BCUT2D eigenvalue weighted by Crippen LogP contribution is -2.40. The highest BCUT2D eigenvalue weighted by molar-refractivity contribution is 5.78. The average molecular weight is 348 g/mol. The maximum Gasteiger partial charge on any atom is 0.223 e. The van der Waals surface area contributed by atoms with Gasteiger partial charge < -0.3 is 14.8 Å². The number of hydrogen-bond acceptors (Lipinski definition) is 4. The number of likely N-dealkylation sites (tertiary alicyclic amines) is 1. The maximum absolute atomic E-state index is 12.2. The molecular formula is C20H32N2O3. The predicted molar refractivity (Wildman–Crippen MR) is 99.7 cm³/mol. The van der Waals surface area contributed by atoms with Crippen molar-refractivity contribution in [2.24, 2.45) is 5.92 Å². The third-order valence-corrected chi connectivity index (χ3v) is 4.59. The lowest BCUT2D eigenvalue weighted by molar-refractivity contribution is -0.126. The number of carbonyl (C=O) groups is 1. The van der Waals surface area contributed by atoms with Crippen molar-refractivity contribution >= 4 is 5.91 Å². The molecule has 0 atom stereocenters. The van der Waals surface area contributed by atoms with Crippen molar-refractivity contribution in [3.63, 3.8) is 0 Å². The van der Waals surface area contributed by atoms with Crippen LogP contribution < -0.4 is 10.1 Å². The second-order valence-electron chi connectivity index (χ2n) is 6.43. The SMILES string of the molecule is CCOCCCNC(=O)C1CCN(Cc2ccccc2OCC)CC1. The van der Waals surface area contributed by atoms with E-state index in [-0.39, 0.29) is 11.8 Å². The van der Waals surface area contributed by atoms with Gasteiger partial charge in [0.05, 0.1) is 6.61 Å². The van der Waals surface area contributed by atoms with Gasteiger partial charge in [-0.1, -0.05) is 18.2 Å². The second-order valence-corrected chi connectivity index (χ2v) is 6.43. The molecule has 1 aromatic rings. The van der Waals surface area contributed by atoms with Crippen LogP contribution in [0.15, 0.2) is 24.3 Å². The van der Waals surface area contributed by atoms with Crippen LogP contribution in [0.25, 0.3) is 0 Å². The molecule has 5 heteroatoms. The zero-order valence-electron chi connectivity index (χ0n) is 15.6. The number of piperidine rings is 1. The van der Waals surface area contributed by atoms with Crippen molar-refractivity contribution < 1.29 is 14.3 Å². The van der Waals surface area contributed by atoms with Gasteiger partial charge in [0, 0.05) is 37.8 Å². The van der Waals surface area contributed by atoms with E-state index in [9.17, 15) is 4.79 Å². The van der Waals surface area contributed by atoms with Gasteiger partial charge in [-0.25, -0.2) is 0 Å². The van der Waals surface area contributed by atoms with E-state index in [1.165, 1.54) is 5.56 Å². The van der Waals surface area contributed by atoms with E-state index in [0.717, 1.165) is 51.3 Å². The molecule has 1 aromatic carbocycles. The topological polar surface area (TPSA) is 50.8 Å². The third kappa shape index (κ3) is 6.67. The molecule has 0 saturated carbocycles. The van der Waals surface area contributed by atoms with Crippen LogP contribution in [-0.2, 0) is 16.1 Å². The molecule has 0 radical (unpaired) electrons. The fourth-order valence-corrected chi connectivity index (χ4v) is 3.20. The van der Waals surface area contributed by atoms with E-state index >= 15 is 0 Å². The Morgan fingerprint density at radius 3 is 2.68 bits per heavy atom. The summed E-state index contributed by atoms with van der Waals surface area (Å²) in [6, 6.07) is 8.22. The summed E-state index contributed by atoms with van der Waals surface area (Å²) in [5.41, 5.74) is 1.23. The Morgan fingerprint density at radius 2 is 1.96 bits per heavy atom. The number of amides is 1. The van der Waals surface area contributed by atoms with Gasteiger partial charge in [0.15, 0.2) is 0 Å². The van der Waals surface area contributed by atoms with Gasteiger partial charge in [-0.3, -0.25) is 9.69 Å². The number of para-hydroxylation sites is 1. The molecule has 25 heavy (non-hydrogen) atoms. The van der Waals surface area contributed by atoms with E-state index in [2.05, 4.69) is 22.3 Å². The average Bonchev–Trinajstić information content (AvgIpc) is 2.64. The minimum Gasteiger partial charge on any atom is -0.494 e. The normalized spacial score (nSPS) is 15.9. The molecule has 2 rings (SSSR count). The fourth-order valence-electron chi connectivity index (χ4n) is 3.20. The fraction of sp³-hybridized carbons (Fsp3) is 0.650. The standard InChI is InChI=1S/C20H32N2O3/c1-3-24-15-7-12-21-20(23)17-10-13-22(14-11-17)16-18-8-5-6-9-19(18)25-4-2/h5-6,8-9,17H,3-4,7,10-16H2,1-2H3,(H,21,23). The van der Waals surface area contributed by atoms with Crippen LogP contribution in [0.5, 0.6) is 5.75 Å². The van der Waals surface area contributed by atoms with Gasteiger partial charge in [0.25, 0.3) is 0 Å². The molecule has 1 aliphatic rings. The molecule has 0 aromatic heterocycles. The number of benzene rings is 1. The van der Waals surface area contributed by atoms with Crippen LogP contribution in [0.3, 0.4) is 0 Å². The monoisotopic (exact) mass is 348 g/mol. The Kier molecular flexibility index (Phi) is 8.77. The number of nitrogens with zero attached hydrogens (tertiary/aromatic N) is 1. The minimum absolute atomic E-state index is 0.144. The summed E-state index contributed by atoms with van der Waals surface area (Å²) in [5, 5.41) is 3.04. The molecule has 0 spiro atoms. The summed E-state index contributed by atoms with van der Waals surface area (Å²) in [6.45, 7) is 9.64. The lowest BCUT2D eigenvalue weighted by atomic mass is 9.95. The second kappa shape index (κ2) is 11.1. The van der Waals surface area contributed by atoms with Gasteiger partial charge in [0.1, 0.15) is 5.75 Å². The number of ether oxygens (including phenoxy) is 2. The van der Waals surface area contributed by atoms with Crippen molar-refractivity contribution in [2.45, 2.75) is 39.7 Å². The smallest absolute Gasteiger partial charge is 0.223 e. The number of rotatable bonds is 10. The van der Waals surface area contributed by atoms with Gasteiger partial charge >= 0.3 is 0 Å². The quantitative estimate of drug-likeness (QED) is 0.661. The van der Waals surface area contributed by atoms with Crippen LogP contribution in [0.1, 0.15) is 38.7 Å². The Balaban J connectivity index is 1.71. The number of nitrogens with one attached hydrogen (secondary N) is 1. The Labute approximate surface area is 151 Å². The van der Waals surface area contributed by atoms with Gasteiger partial charge in [0.2, 0.25) is 5.91 Å². The molecule has 1 amide bonds. The summed E-state index contributed by atoms with van der Waals surface area (Å²) in [5.74, 6) is 1.32. The lowest BCUT2D eigenvalue weighted by Gasteiger charge is -2.31. The molecule has 1 aliphatic heterocycles. The van der Waals surface area contributed by atoms with Crippen LogP contribution >= 0.6 is 0 Å². The summed E-state index contributed by atoms with van der Waals surface area (Å²) in [4.78, 5) is 14.7. The van der Waals surface area contributed by atoms with E-state index in [1.54, 1.807) is 0 Å². The third-order valence-electron chi connectivity index (χ3n) is 4.59. The largest absolute Gasteiger partial charge is 0.494 e. The molecule has 140 valence electrons. The number of hydrogen-bond donors (Lipinski definition) is 1. The summed E-state index contributed by atoms with van der Waals surface area (Å²) < 4.78 is 11.0. The summed E-state index contributed by atoms with van der Waals surface area (Å²) in [7, 11) is 0. The molecule has 1 N–H and O–H groups in total. The van der Waals surface area contributed by atoms with Gasteiger partial charge in [-0.05, 0) is 52.3 Å². The van der Waals surface area contributed by atoms with E-state index < -0.39 is 0 Å². The zero-order valence-corrected chi connectivity index (χ0v) is 15.6. The highest BCUT2D eigenvalue weighted by atomic mass is 16.5. The van der Waals surface area contributed by atoms with Gasteiger partial charge in [-0.2, -0.15) is 0 Å². The maximum atomic E-state index is 12.2. The molecule has 1 saturated heterocycles. The van der Waals surface area contributed by atoms with E-state index in [1.807, 2.05) is 26.0 Å². The first kappa shape index (κ1) is 19.7. The highest BCUT2D eigenvalue weighted by Crippen LogP contribution is 2.23. The first-order valence-corrected chi connectivity index (χ1v) is 9.53. The van der Waals surface area contributed by atoms with E-state index in [0.29, 0.717) is 19.8 Å². The minimum atomic E-state index is 0.144. The van der Waals surface area contributed by atoms with Crippen LogP contribution in [0.4, 0.5) is 0 Å². The zero-order chi connectivity index (χ0) is 17.9. The Bertz CT molecular complexity index is 513. The number of carbonyl (C=O) groups excluding carboxylic acids is 1.